The summed E-state index contributed by atoms with van der Waals surface area (Å²) in [6, 6.07) is 10.2. The van der Waals surface area contributed by atoms with Gasteiger partial charge in [-0.3, -0.25) is 0 Å². The molecule has 2 unspecified atom stereocenters. The van der Waals surface area contributed by atoms with Gasteiger partial charge in [-0.05, 0) is 25.0 Å². The van der Waals surface area contributed by atoms with E-state index in [9.17, 15) is 0 Å². The van der Waals surface area contributed by atoms with Crippen LogP contribution in [0.4, 0.5) is 0 Å². The van der Waals surface area contributed by atoms with Gasteiger partial charge in [0.15, 0.2) is 0 Å². The molecule has 3 rings (SSSR count). The van der Waals surface area contributed by atoms with Gasteiger partial charge < -0.3 is 15.2 Å². The van der Waals surface area contributed by atoms with Crippen LogP contribution >= 0.6 is 0 Å². The summed E-state index contributed by atoms with van der Waals surface area (Å²) >= 11 is 0. The zero-order valence-corrected chi connectivity index (χ0v) is 11.2. The standard InChI is InChI=1S/C14H18N4O2/c15-8-12-6-7-13(20-12)9-19-14-16-10-18(17-14)11-4-2-1-3-5-11/h1-5,10,12-13H,6-9,15H2. The van der Waals surface area contributed by atoms with Gasteiger partial charge in [0.1, 0.15) is 12.9 Å². The van der Waals surface area contributed by atoms with E-state index in [0.29, 0.717) is 19.2 Å². The normalized spacial score (nSPS) is 22.1. The molecular formula is C14H18N4O2. The van der Waals surface area contributed by atoms with Crippen LogP contribution in [0.2, 0.25) is 0 Å². The predicted molar refractivity (Wildman–Crippen MR) is 73.8 cm³/mol. The molecule has 0 spiro atoms. The molecule has 2 heterocycles. The Morgan fingerprint density at radius 3 is 2.80 bits per heavy atom. The number of aromatic nitrogens is 3. The van der Waals surface area contributed by atoms with Crippen LogP contribution in [0.5, 0.6) is 6.01 Å². The van der Waals surface area contributed by atoms with Crippen LogP contribution in [-0.2, 0) is 4.74 Å². The predicted octanol–water partition coefficient (Wildman–Crippen LogP) is 1.15. The zero-order valence-electron chi connectivity index (χ0n) is 11.2. The molecule has 1 aliphatic heterocycles. The molecule has 1 fully saturated rings. The lowest BCUT2D eigenvalue weighted by Crippen LogP contribution is -2.23. The molecule has 6 heteroatoms. The summed E-state index contributed by atoms with van der Waals surface area (Å²) < 4.78 is 13.0. The van der Waals surface area contributed by atoms with E-state index in [0.717, 1.165) is 18.5 Å². The summed E-state index contributed by atoms with van der Waals surface area (Å²) in [5.74, 6) is 0. The molecule has 1 aromatic heterocycles. The number of ether oxygens (including phenoxy) is 2. The van der Waals surface area contributed by atoms with Crippen LogP contribution in [-0.4, -0.2) is 40.1 Å². The molecule has 20 heavy (non-hydrogen) atoms. The fourth-order valence-corrected chi connectivity index (χ4v) is 2.26. The largest absolute Gasteiger partial charge is 0.460 e. The molecule has 1 saturated heterocycles. The molecule has 1 aromatic carbocycles. The second kappa shape index (κ2) is 6.02. The van der Waals surface area contributed by atoms with Crippen molar-refractivity contribution in [2.45, 2.75) is 25.0 Å². The maximum atomic E-state index is 5.71. The van der Waals surface area contributed by atoms with E-state index in [1.54, 1.807) is 11.0 Å². The topological polar surface area (TPSA) is 75.2 Å². The number of hydrogen-bond acceptors (Lipinski definition) is 5. The van der Waals surface area contributed by atoms with Gasteiger partial charge in [-0.15, -0.1) is 5.10 Å². The third-order valence-corrected chi connectivity index (χ3v) is 3.35. The minimum atomic E-state index is 0.0900. The van der Waals surface area contributed by atoms with E-state index < -0.39 is 0 Å². The molecule has 6 nitrogen and oxygen atoms in total. The fraction of sp³-hybridized carbons (Fsp3) is 0.429. The van der Waals surface area contributed by atoms with Crippen molar-refractivity contribution < 1.29 is 9.47 Å². The van der Waals surface area contributed by atoms with E-state index in [-0.39, 0.29) is 12.2 Å². The quantitative estimate of drug-likeness (QED) is 0.885. The van der Waals surface area contributed by atoms with Crippen LogP contribution in [0.3, 0.4) is 0 Å². The van der Waals surface area contributed by atoms with Gasteiger partial charge >= 0.3 is 6.01 Å². The van der Waals surface area contributed by atoms with Crippen LogP contribution in [0, 0.1) is 0 Å². The van der Waals surface area contributed by atoms with Crippen molar-refractivity contribution in [3.63, 3.8) is 0 Å². The van der Waals surface area contributed by atoms with E-state index >= 15 is 0 Å². The average Bonchev–Trinajstić information content (AvgIpc) is 3.15. The first-order chi connectivity index (χ1) is 9.85. The Morgan fingerprint density at radius 2 is 2.05 bits per heavy atom. The lowest BCUT2D eigenvalue weighted by molar-refractivity contribution is 0.0201. The van der Waals surface area contributed by atoms with Crippen LogP contribution in [0.1, 0.15) is 12.8 Å². The molecule has 0 amide bonds. The molecule has 0 saturated carbocycles. The van der Waals surface area contributed by atoms with Crippen LogP contribution in [0.15, 0.2) is 36.7 Å². The first-order valence-electron chi connectivity index (χ1n) is 6.80. The first kappa shape index (κ1) is 13.1. The van der Waals surface area contributed by atoms with E-state index in [1.807, 2.05) is 30.3 Å². The highest BCUT2D eigenvalue weighted by atomic mass is 16.5. The maximum Gasteiger partial charge on any atom is 0.335 e. The van der Waals surface area contributed by atoms with Crippen molar-refractivity contribution in [1.82, 2.24) is 14.8 Å². The van der Waals surface area contributed by atoms with E-state index in [1.165, 1.54) is 0 Å². The van der Waals surface area contributed by atoms with Gasteiger partial charge in [-0.1, -0.05) is 18.2 Å². The lowest BCUT2D eigenvalue weighted by atomic mass is 10.2. The van der Waals surface area contributed by atoms with Crippen molar-refractivity contribution in [1.29, 1.82) is 0 Å². The first-order valence-corrected chi connectivity index (χ1v) is 6.80. The second-order valence-electron chi connectivity index (χ2n) is 4.81. The van der Waals surface area contributed by atoms with Gasteiger partial charge in [-0.25, -0.2) is 4.68 Å². The second-order valence-corrected chi connectivity index (χ2v) is 4.81. The molecule has 0 aliphatic carbocycles. The van der Waals surface area contributed by atoms with Crippen molar-refractivity contribution in [2.75, 3.05) is 13.2 Å². The average molecular weight is 274 g/mol. The number of nitrogens with two attached hydrogens (primary N) is 1. The van der Waals surface area contributed by atoms with Crippen molar-refractivity contribution in [3.05, 3.63) is 36.7 Å². The molecule has 2 aromatic rings. The molecular weight excluding hydrogens is 256 g/mol. The molecule has 2 N–H and O–H groups in total. The number of rotatable bonds is 5. The third-order valence-electron chi connectivity index (χ3n) is 3.35. The fourth-order valence-electron chi connectivity index (χ4n) is 2.26. The third kappa shape index (κ3) is 2.97. The highest BCUT2D eigenvalue weighted by molar-refractivity contribution is 5.29. The molecule has 0 bridgehead atoms. The highest BCUT2D eigenvalue weighted by Crippen LogP contribution is 2.19. The van der Waals surface area contributed by atoms with E-state index in [4.69, 9.17) is 15.2 Å². The summed E-state index contributed by atoms with van der Waals surface area (Å²) in [7, 11) is 0. The van der Waals surface area contributed by atoms with Gasteiger partial charge in [0, 0.05) is 6.54 Å². The number of benzene rings is 1. The lowest BCUT2D eigenvalue weighted by Gasteiger charge is -2.11. The number of para-hydroxylation sites is 1. The molecule has 1 aliphatic rings. The van der Waals surface area contributed by atoms with Gasteiger partial charge in [0.25, 0.3) is 0 Å². The Hall–Kier alpha value is -1.92. The van der Waals surface area contributed by atoms with E-state index in [2.05, 4.69) is 10.1 Å². The van der Waals surface area contributed by atoms with Crippen molar-refractivity contribution in [3.8, 4) is 11.7 Å². The Balaban J connectivity index is 1.56. The molecule has 0 radical (unpaired) electrons. The van der Waals surface area contributed by atoms with Gasteiger partial charge in [0.05, 0.1) is 17.9 Å². The number of nitrogens with zero attached hydrogens (tertiary/aromatic N) is 3. The molecule has 2 atom stereocenters. The minimum Gasteiger partial charge on any atom is -0.460 e. The Bertz CT molecular complexity index is 543. The van der Waals surface area contributed by atoms with Crippen molar-refractivity contribution in [2.24, 2.45) is 5.73 Å². The Morgan fingerprint density at radius 1 is 1.25 bits per heavy atom. The summed E-state index contributed by atoms with van der Waals surface area (Å²) in [6.07, 6.45) is 3.87. The summed E-state index contributed by atoms with van der Waals surface area (Å²) in [5.41, 5.74) is 6.53. The smallest absolute Gasteiger partial charge is 0.335 e. The maximum absolute atomic E-state index is 5.71. The highest BCUT2D eigenvalue weighted by Gasteiger charge is 2.24. The zero-order chi connectivity index (χ0) is 13.8. The van der Waals surface area contributed by atoms with Gasteiger partial charge in [0.2, 0.25) is 0 Å². The Kier molecular flexibility index (Phi) is 3.94. The van der Waals surface area contributed by atoms with Crippen molar-refractivity contribution >= 4 is 0 Å². The van der Waals surface area contributed by atoms with Crippen LogP contribution < -0.4 is 10.5 Å². The number of hydrogen-bond donors (Lipinski definition) is 1. The van der Waals surface area contributed by atoms with Gasteiger partial charge in [-0.2, -0.15) is 4.98 Å². The summed E-state index contributed by atoms with van der Waals surface area (Å²) in [6.45, 7) is 1.03. The summed E-state index contributed by atoms with van der Waals surface area (Å²) in [4.78, 5) is 4.14. The summed E-state index contributed by atoms with van der Waals surface area (Å²) in [5, 5.41) is 4.28. The monoisotopic (exact) mass is 274 g/mol. The SMILES string of the molecule is NCC1CCC(COc2ncn(-c3ccccc3)n2)O1. The van der Waals surface area contributed by atoms with Crippen LogP contribution in [0.25, 0.3) is 5.69 Å². The Labute approximate surface area is 117 Å². The molecule has 106 valence electrons. The minimum absolute atomic E-state index is 0.0900.